The Morgan fingerprint density at radius 2 is 2.00 bits per heavy atom. The summed E-state index contributed by atoms with van der Waals surface area (Å²) in [7, 11) is 1.79. The molecule has 0 radical (unpaired) electrons. The van der Waals surface area contributed by atoms with Crippen LogP contribution in [-0.2, 0) is 11.3 Å². The van der Waals surface area contributed by atoms with Crippen LogP contribution in [0.5, 0.6) is 0 Å². The number of nitrogens with zero attached hydrogens (tertiary/aromatic N) is 1. The van der Waals surface area contributed by atoms with Crippen molar-refractivity contribution in [1.29, 1.82) is 0 Å². The lowest BCUT2D eigenvalue weighted by atomic mass is 9.83. The van der Waals surface area contributed by atoms with E-state index in [4.69, 9.17) is 14.1 Å². The monoisotopic (exact) mass is 485 g/mol. The van der Waals surface area contributed by atoms with Gasteiger partial charge in [-0.25, -0.2) is 4.99 Å². The van der Waals surface area contributed by atoms with Crippen molar-refractivity contribution in [3.8, 4) is 0 Å². The normalized spacial score (nSPS) is 16.3. The first-order valence-electron chi connectivity index (χ1n) is 9.73. The largest absolute Gasteiger partial charge is 0.459 e. The molecule has 1 aromatic carbocycles. The van der Waals surface area contributed by atoms with E-state index in [9.17, 15) is 0 Å². The van der Waals surface area contributed by atoms with Gasteiger partial charge in [-0.15, -0.1) is 24.0 Å². The number of methoxy groups -OCH3 is 1. The highest BCUT2D eigenvalue weighted by Gasteiger charge is 2.33. The second kappa shape index (κ2) is 10.9. The highest BCUT2D eigenvalue weighted by molar-refractivity contribution is 14.0. The summed E-state index contributed by atoms with van der Waals surface area (Å²) in [4.78, 5) is 4.72. The van der Waals surface area contributed by atoms with Gasteiger partial charge in [0.15, 0.2) is 5.96 Å². The molecule has 1 fully saturated rings. The number of hydrogen-bond acceptors (Lipinski definition) is 3. The van der Waals surface area contributed by atoms with Crippen molar-refractivity contribution >= 4 is 40.9 Å². The molecule has 1 aromatic heterocycles. The Hall–Kier alpha value is -1.28. The molecule has 27 heavy (non-hydrogen) atoms. The van der Waals surface area contributed by atoms with Crippen LogP contribution in [-0.4, -0.2) is 32.8 Å². The van der Waals surface area contributed by atoms with Crippen molar-refractivity contribution in [2.45, 2.75) is 45.6 Å². The summed E-state index contributed by atoms with van der Waals surface area (Å²) in [5.74, 6) is 1.75. The zero-order chi connectivity index (χ0) is 18.2. The molecule has 1 aliphatic carbocycles. The highest BCUT2D eigenvalue weighted by Crippen LogP contribution is 2.40. The Labute approximate surface area is 179 Å². The molecule has 0 saturated heterocycles. The van der Waals surface area contributed by atoms with Gasteiger partial charge >= 0.3 is 0 Å². The molecular weight excluding hydrogens is 453 g/mol. The lowest BCUT2D eigenvalue weighted by molar-refractivity contribution is 0.138. The van der Waals surface area contributed by atoms with Crippen LogP contribution in [0, 0.1) is 5.41 Å². The smallest absolute Gasteiger partial charge is 0.191 e. The topological polar surface area (TPSA) is 58.8 Å². The van der Waals surface area contributed by atoms with E-state index in [0.29, 0.717) is 12.0 Å². The number of nitrogens with one attached hydrogen (secondary N) is 2. The first-order chi connectivity index (χ1) is 12.7. The highest BCUT2D eigenvalue weighted by atomic mass is 127. The second-order valence-electron chi connectivity index (χ2n) is 7.25. The van der Waals surface area contributed by atoms with Crippen molar-refractivity contribution in [3.63, 3.8) is 0 Å². The standard InChI is InChI=1S/C21H31N3O2.HI/c1-3-22-20(24-16-21(12-13-25-2)10-6-7-11-21)23-15-18-14-17-8-4-5-9-19(17)26-18;/h4-5,8-9,14H,3,6-7,10-13,15-16H2,1-2H3,(H2,22,23,24);1H. The van der Waals surface area contributed by atoms with Gasteiger partial charge in [0.05, 0.1) is 0 Å². The second-order valence-corrected chi connectivity index (χ2v) is 7.25. The maximum atomic E-state index is 5.87. The molecule has 0 aliphatic heterocycles. The van der Waals surface area contributed by atoms with E-state index in [1.54, 1.807) is 7.11 Å². The number of ether oxygens (including phenoxy) is 1. The number of rotatable bonds is 8. The molecule has 0 bridgehead atoms. The molecule has 3 rings (SSSR count). The summed E-state index contributed by atoms with van der Waals surface area (Å²) in [6.45, 7) is 5.25. The maximum absolute atomic E-state index is 5.87. The minimum atomic E-state index is 0. The third-order valence-corrected chi connectivity index (χ3v) is 5.35. The van der Waals surface area contributed by atoms with Crippen molar-refractivity contribution in [3.05, 3.63) is 36.1 Å². The number of guanidine groups is 1. The molecule has 0 amide bonds. The molecule has 2 aromatic rings. The van der Waals surface area contributed by atoms with Gasteiger partial charge < -0.3 is 19.8 Å². The fourth-order valence-corrected chi connectivity index (χ4v) is 3.84. The van der Waals surface area contributed by atoms with Gasteiger partial charge in [0, 0.05) is 32.2 Å². The van der Waals surface area contributed by atoms with E-state index in [1.165, 1.54) is 25.7 Å². The number of furan rings is 1. The fraction of sp³-hybridized carbons (Fsp3) is 0.571. The summed E-state index contributed by atoms with van der Waals surface area (Å²) in [6.07, 6.45) is 6.29. The van der Waals surface area contributed by atoms with E-state index in [2.05, 4.69) is 29.7 Å². The van der Waals surface area contributed by atoms with Crippen LogP contribution in [0.3, 0.4) is 0 Å². The first kappa shape index (κ1) is 22.0. The van der Waals surface area contributed by atoms with E-state index < -0.39 is 0 Å². The van der Waals surface area contributed by atoms with Crippen molar-refractivity contribution in [1.82, 2.24) is 10.6 Å². The predicted molar refractivity (Wildman–Crippen MR) is 122 cm³/mol. The summed E-state index contributed by atoms with van der Waals surface area (Å²) in [5, 5.41) is 8.03. The van der Waals surface area contributed by atoms with Crippen molar-refractivity contribution in [2.75, 3.05) is 26.8 Å². The van der Waals surface area contributed by atoms with E-state index in [1.807, 2.05) is 18.2 Å². The van der Waals surface area contributed by atoms with Crippen molar-refractivity contribution < 1.29 is 9.15 Å². The van der Waals surface area contributed by atoms with Crippen LogP contribution >= 0.6 is 24.0 Å². The van der Waals surface area contributed by atoms with Crippen LogP contribution in [0.15, 0.2) is 39.7 Å². The number of halogens is 1. The van der Waals surface area contributed by atoms with E-state index in [0.717, 1.165) is 48.8 Å². The van der Waals surface area contributed by atoms with Gasteiger partial charge in [-0.3, -0.25) is 0 Å². The van der Waals surface area contributed by atoms with Crippen LogP contribution in [0.25, 0.3) is 11.0 Å². The molecule has 1 heterocycles. The summed E-state index contributed by atoms with van der Waals surface area (Å²) in [6, 6.07) is 10.1. The third kappa shape index (κ3) is 6.10. The molecule has 0 spiro atoms. The SMILES string of the molecule is CCNC(=NCc1cc2ccccc2o1)NCC1(CCOC)CCCC1.I. The average Bonchev–Trinajstić information content (AvgIpc) is 3.29. The van der Waals surface area contributed by atoms with Gasteiger partial charge in [-0.2, -0.15) is 0 Å². The summed E-state index contributed by atoms with van der Waals surface area (Å²) >= 11 is 0. The predicted octanol–water partition coefficient (Wildman–Crippen LogP) is 4.70. The summed E-state index contributed by atoms with van der Waals surface area (Å²) < 4.78 is 11.2. The molecule has 1 saturated carbocycles. The van der Waals surface area contributed by atoms with Gasteiger partial charge in [-0.05, 0) is 43.7 Å². The van der Waals surface area contributed by atoms with Crippen LogP contribution in [0.1, 0.15) is 44.8 Å². The quantitative estimate of drug-likeness (QED) is 0.323. The molecule has 2 N–H and O–H groups in total. The fourth-order valence-electron chi connectivity index (χ4n) is 3.84. The molecule has 0 atom stereocenters. The molecule has 5 nitrogen and oxygen atoms in total. The minimum Gasteiger partial charge on any atom is -0.459 e. The Morgan fingerprint density at radius 3 is 2.70 bits per heavy atom. The number of hydrogen-bond donors (Lipinski definition) is 2. The van der Waals surface area contributed by atoms with Gasteiger partial charge in [0.25, 0.3) is 0 Å². The minimum absolute atomic E-state index is 0. The number of aliphatic imine (C=N–C) groups is 1. The zero-order valence-electron chi connectivity index (χ0n) is 16.4. The first-order valence-corrected chi connectivity index (χ1v) is 9.73. The molecule has 0 unspecified atom stereocenters. The van der Waals surface area contributed by atoms with Crippen molar-refractivity contribution in [2.24, 2.45) is 10.4 Å². The third-order valence-electron chi connectivity index (χ3n) is 5.35. The van der Waals surface area contributed by atoms with Gasteiger partial charge in [-0.1, -0.05) is 31.0 Å². The Morgan fingerprint density at radius 1 is 1.22 bits per heavy atom. The average molecular weight is 485 g/mol. The van der Waals surface area contributed by atoms with Crippen LogP contribution in [0.4, 0.5) is 0 Å². The van der Waals surface area contributed by atoms with E-state index in [-0.39, 0.29) is 24.0 Å². The Kier molecular flexibility index (Phi) is 8.89. The Balaban J connectivity index is 0.00000261. The number of fused-ring (bicyclic) bond motifs is 1. The van der Waals surface area contributed by atoms with E-state index >= 15 is 0 Å². The van der Waals surface area contributed by atoms with Gasteiger partial charge in [0.2, 0.25) is 0 Å². The summed E-state index contributed by atoms with van der Waals surface area (Å²) in [5.41, 5.74) is 1.26. The molecular formula is C21H32IN3O2. The Bertz CT molecular complexity index is 690. The van der Waals surface area contributed by atoms with Crippen LogP contribution in [0.2, 0.25) is 0 Å². The van der Waals surface area contributed by atoms with Gasteiger partial charge in [0.1, 0.15) is 17.9 Å². The molecule has 1 aliphatic rings. The maximum Gasteiger partial charge on any atom is 0.191 e. The molecule has 150 valence electrons. The van der Waals surface area contributed by atoms with Crippen LogP contribution < -0.4 is 10.6 Å². The number of para-hydroxylation sites is 1. The lowest BCUT2D eigenvalue weighted by Gasteiger charge is -2.29. The molecule has 6 heteroatoms. The zero-order valence-corrected chi connectivity index (χ0v) is 18.8. The lowest BCUT2D eigenvalue weighted by Crippen LogP contribution is -2.43. The number of benzene rings is 1.